The molecule has 1 fully saturated rings. The van der Waals surface area contributed by atoms with Crippen LogP contribution in [0.2, 0.25) is 10.0 Å². The summed E-state index contributed by atoms with van der Waals surface area (Å²) in [5, 5.41) is 0.913. The molecule has 6 nitrogen and oxygen atoms in total. The second-order valence-electron chi connectivity index (χ2n) is 5.43. The molecule has 1 aliphatic heterocycles. The van der Waals surface area contributed by atoms with Crippen molar-refractivity contribution < 1.29 is 18.8 Å². The van der Waals surface area contributed by atoms with Crippen molar-refractivity contribution in [2.75, 3.05) is 14.1 Å². The zero-order valence-corrected chi connectivity index (χ0v) is 14.8. The van der Waals surface area contributed by atoms with E-state index in [-0.39, 0.29) is 5.57 Å². The van der Waals surface area contributed by atoms with Crippen LogP contribution in [0.3, 0.4) is 0 Å². The van der Waals surface area contributed by atoms with E-state index in [0.717, 1.165) is 9.80 Å². The molecule has 2 heterocycles. The summed E-state index contributed by atoms with van der Waals surface area (Å²) < 4.78 is 5.66. The zero-order chi connectivity index (χ0) is 18.3. The van der Waals surface area contributed by atoms with Gasteiger partial charge in [-0.15, -0.1) is 0 Å². The Labute approximate surface area is 153 Å². The fourth-order valence-electron chi connectivity index (χ4n) is 2.40. The lowest BCUT2D eigenvalue weighted by molar-refractivity contribution is -0.134. The lowest BCUT2D eigenvalue weighted by Crippen LogP contribution is -2.52. The molecule has 4 amide bonds. The van der Waals surface area contributed by atoms with Gasteiger partial charge in [-0.1, -0.05) is 23.2 Å². The average molecular weight is 379 g/mol. The van der Waals surface area contributed by atoms with Gasteiger partial charge in [0.25, 0.3) is 11.8 Å². The van der Waals surface area contributed by atoms with Gasteiger partial charge in [0.15, 0.2) is 0 Å². The lowest BCUT2D eigenvalue weighted by atomic mass is 10.1. The Hall–Kier alpha value is -2.57. The summed E-state index contributed by atoms with van der Waals surface area (Å²) in [6, 6.07) is 7.56. The Morgan fingerprint density at radius 1 is 0.920 bits per heavy atom. The molecule has 1 saturated heterocycles. The molecular weight excluding hydrogens is 367 g/mol. The standard InChI is InChI=1S/C17H12Cl2N2O4/c1-20-15(22)13(16(23)21(2)17(20)24)8-12-3-4-14(25-12)9-5-10(18)7-11(19)6-9/h3-8H,1-2H3. The van der Waals surface area contributed by atoms with Crippen molar-refractivity contribution in [3.05, 3.63) is 51.7 Å². The van der Waals surface area contributed by atoms with Crippen LogP contribution in [-0.2, 0) is 9.59 Å². The van der Waals surface area contributed by atoms with E-state index in [9.17, 15) is 14.4 Å². The molecule has 0 spiro atoms. The molecule has 0 radical (unpaired) electrons. The number of nitrogens with zero attached hydrogens (tertiary/aromatic N) is 2. The number of furan rings is 1. The quantitative estimate of drug-likeness (QED) is 0.590. The van der Waals surface area contributed by atoms with Gasteiger partial charge in [-0.3, -0.25) is 19.4 Å². The maximum atomic E-state index is 12.2. The van der Waals surface area contributed by atoms with Crippen LogP contribution in [0, 0.1) is 0 Å². The summed E-state index contributed by atoms with van der Waals surface area (Å²) in [5.41, 5.74) is 0.502. The molecule has 0 aliphatic carbocycles. The zero-order valence-electron chi connectivity index (χ0n) is 13.2. The molecule has 0 bridgehead atoms. The maximum absolute atomic E-state index is 12.2. The van der Waals surface area contributed by atoms with E-state index in [4.69, 9.17) is 27.6 Å². The van der Waals surface area contributed by atoms with E-state index in [0.29, 0.717) is 27.1 Å². The third-order valence-corrected chi connectivity index (χ3v) is 4.14. The Morgan fingerprint density at radius 3 is 2.04 bits per heavy atom. The van der Waals surface area contributed by atoms with Gasteiger partial charge in [0.2, 0.25) is 0 Å². The van der Waals surface area contributed by atoms with E-state index in [2.05, 4.69) is 0 Å². The first-order valence-corrected chi connectivity index (χ1v) is 7.91. The van der Waals surface area contributed by atoms with Crippen molar-refractivity contribution in [1.29, 1.82) is 0 Å². The number of urea groups is 1. The minimum atomic E-state index is -0.683. The first-order chi connectivity index (χ1) is 11.8. The number of barbiturate groups is 1. The minimum absolute atomic E-state index is 0.158. The molecule has 1 aliphatic rings. The molecular formula is C17H12Cl2N2O4. The highest BCUT2D eigenvalue weighted by molar-refractivity contribution is 6.35. The molecule has 0 N–H and O–H groups in total. The largest absolute Gasteiger partial charge is 0.457 e. The topological polar surface area (TPSA) is 70.8 Å². The van der Waals surface area contributed by atoms with Crippen molar-refractivity contribution in [1.82, 2.24) is 9.80 Å². The Balaban J connectivity index is 1.97. The molecule has 3 rings (SSSR count). The van der Waals surface area contributed by atoms with Crippen molar-refractivity contribution in [3.63, 3.8) is 0 Å². The highest BCUT2D eigenvalue weighted by Crippen LogP contribution is 2.29. The number of carbonyl (C=O) groups is 3. The average Bonchev–Trinajstić information content (AvgIpc) is 3.03. The monoisotopic (exact) mass is 378 g/mol. The third kappa shape index (κ3) is 3.18. The van der Waals surface area contributed by atoms with Gasteiger partial charge in [0.1, 0.15) is 17.1 Å². The summed E-state index contributed by atoms with van der Waals surface area (Å²) in [7, 11) is 2.62. The normalized spacial score (nSPS) is 15.2. The summed E-state index contributed by atoms with van der Waals surface area (Å²) in [4.78, 5) is 37.8. The Kier molecular flexibility index (Phi) is 4.41. The van der Waals surface area contributed by atoms with Gasteiger partial charge >= 0.3 is 6.03 Å². The highest BCUT2D eigenvalue weighted by Gasteiger charge is 2.38. The van der Waals surface area contributed by atoms with Gasteiger partial charge in [-0.2, -0.15) is 0 Å². The van der Waals surface area contributed by atoms with Crippen molar-refractivity contribution in [2.24, 2.45) is 0 Å². The smallest absolute Gasteiger partial charge is 0.333 e. The number of likely N-dealkylation sites (N-methyl/N-ethyl adjacent to an activating group) is 2. The predicted molar refractivity (Wildman–Crippen MR) is 93.1 cm³/mol. The molecule has 25 heavy (non-hydrogen) atoms. The second kappa shape index (κ2) is 6.38. The first-order valence-electron chi connectivity index (χ1n) is 7.16. The predicted octanol–water partition coefficient (Wildman–Crippen LogP) is 3.69. The Bertz CT molecular complexity index is 886. The number of rotatable bonds is 2. The molecule has 0 unspecified atom stereocenters. The van der Waals surface area contributed by atoms with Crippen LogP contribution in [-0.4, -0.2) is 41.7 Å². The Morgan fingerprint density at radius 2 is 1.48 bits per heavy atom. The van der Waals surface area contributed by atoms with Crippen LogP contribution in [0.15, 0.2) is 40.3 Å². The third-order valence-electron chi connectivity index (χ3n) is 3.70. The molecule has 2 aromatic rings. The summed E-state index contributed by atoms with van der Waals surface area (Å²) >= 11 is 12.0. The van der Waals surface area contributed by atoms with Crippen LogP contribution in [0.4, 0.5) is 4.79 Å². The van der Waals surface area contributed by atoms with Gasteiger partial charge < -0.3 is 4.42 Å². The number of hydrogen-bond donors (Lipinski definition) is 0. The van der Waals surface area contributed by atoms with E-state index in [1.54, 1.807) is 30.3 Å². The summed E-state index contributed by atoms with van der Waals surface area (Å²) in [6.07, 6.45) is 1.31. The van der Waals surface area contributed by atoms with E-state index in [1.165, 1.54) is 20.2 Å². The maximum Gasteiger partial charge on any atom is 0.333 e. The van der Waals surface area contributed by atoms with E-state index in [1.807, 2.05) is 0 Å². The van der Waals surface area contributed by atoms with Crippen molar-refractivity contribution in [2.45, 2.75) is 0 Å². The number of hydrogen-bond acceptors (Lipinski definition) is 4. The van der Waals surface area contributed by atoms with Crippen LogP contribution in [0.5, 0.6) is 0 Å². The first kappa shape index (κ1) is 17.3. The van der Waals surface area contributed by atoms with Gasteiger partial charge in [-0.25, -0.2) is 4.79 Å². The lowest BCUT2D eigenvalue weighted by Gasteiger charge is -2.28. The number of amides is 4. The number of benzene rings is 1. The van der Waals surface area contributed by atoms with Crippen LogP contribution in [0.25, 0.3) is 17.4 Å². The number of carbonyl (C=O) groups excluding carboxylic acids is 3. The van der Waals surface area contributed by atoms with Crippen LogP contribution in [0.1, 0.15) is 5.76 Å². The van der Waals surface area contributed by atoms with Crippen molar-refractivity contribution in [3.8, 4) is 11.3 Å². The van der Waals surface area contributed by atoms with Crippen LogP contribution < -0.4 is 0 Å². The van der Waals surface area contributed by atoms with Gasteiger partial charge in [0.05, 0.1) is 0 Å². The minimum Gasteiger partial charge on any atom is -0.457 e. The van der Waals surface area contributed by atoms with Gasteiger partial charge in [-0.05, 0) is 36.4 Å². The van der Waals surface area contributed by atoms with Gasteiger partial charge in [0, 0.05) is 29.7 Å². The van der Waals surface area contributed by atoms with Crippen LogP contribution >= 0.6 is 23.2 Å². The molecule has 0 atom stereocenters. The molecule has 1 aromatic heterocycles. The van der Waals surface area contributed by atoms with E-state index >= 15 is 0 Å². The van der Waals surface area contributed by atoms with E-state index < -0.39 is 17.8 Å². The van der Waals surface area contributed by atoms with Crippen molar-refractivity contribution >= 4 is 47.1 Å². The fraction of sp³-hybridized carbons (Fsp3) is 0.118. The molecule has 0 saturated carbocycles. The highest BCUT2D eigenvalue weighted by atomic mass is 35.5. The number of halogens is 2. The SMILES string of the molecule is CN1C(=O)C(=Cc2ccc(-c3cc(Cl)cc(Cl)c3)o2)C(=O)N(C)C1=O. The second-order valence-corrected chi connectivity index (χ2v) is 6.30. The number of imide groups is 2. The molecule has 8 heteroatoms. The molecule has 1 aromatic carbocycles. The summed E-state index contributed by atoms with van der Waals surface area (Å²) in [6.45, 7) is 0. The summed E-state index contributed by atoms with van der Waals surface area (Å²) in [5.74, 6) is -0.600. The molecule has 128 valence electrons. The fourth-order valence-corrected chi connectivity index (χ4v) is 2.92.